The molecule has 4 heteroatoms. The molecule has 0 bridgehead atoms. The van der Waals surface area contributed by atoms with Crippen LogP contribution in [0.1, 0.15) is 111 Å². The topological polar surface area (TPSA) is 63.6 Å². The summed E-state index contributed by atoms with van der Waals surface area (Å²) in [5.41, 5.74) is 0. The van der Waals surface area contributed by atoms with Crippen molar-refractivity contribution in [1.29, 1.82) is 0 Å². The van der Waals surface area contributed by atoms with Gasteiger partial charge in [0.05, 0.1) is 18.4 Å². The molecule has 0 saturated carbocycles. The van der Waals surface area contributed by atoms with Gasteiger partial charge in [0.15, 0.2) is 0 Å². The van der Waals surface area contributed by atoms with Gasteiger partial charge in [-0.1, -0.05) is 85.0 Å². The molecule has 0 rings (SSSR count). The van der Waals surface area contributed by atoms with Gasteiger partial charge in [0.2, 0.25) is 0 Å². The fourth-order valence-corrected chi connectivity index (χ4v) is 3.40. The lowest BCUT2D eigenvalue weighted by Gasteiger charge is -2.19. The van der Waals surface area contributed by atoms with Crippen molar-refractivity contribution in [2.24, 2.45) is 11.8 Å². The van der Waals surface area contributed by atoms with Gasteiger partial charge in [-0.25, -0.2) is 0 Å². The summed E-state index contributed by atoms with van der Waals surface area (Å²) in [7, 11) is 0. The summed E-state index contributed by atoms with van der Waals surface area (Å²) in [6.07, 6.45) is 13.5. The molecule has 0 aromatic heterocycles. The van der Waals surface area contributed by atoms with Crippen LogP contribution in [0.15, 0.2) is 0 Å². The molecule has 4 nitrogen and oxygen atoms in total. The molecule has 26 heavy (non-hydrogen) atoms. The minimum absolute atomic E-state index is 0.120. The molecule has 0 aliphatic heterocycles. The smallest absolute Gasteiger partial charge is 0.309 e. The van der Waals surface area contributed by atoms with Crippen LogP contribution in [-0.2, 0) is 14.3 Å². The van der Waals surface area contributed by atoms with Gasteiger partial charge < -0.3 is 9.84 Å². The number of carbonyl (C=O) groups is 2. The quantitative estimate of drug-likeness (QED) is 0.239. The Hall–Kier alpha value is -1.06. The molecule has 2 unspecified atom stereocenters. The van der Waals surface area contributed by atoms with Crippen LogP contribution in [0.25, 0.3) is 0 Å². The number of hydrogen-bond donors (Lipinski definition) is 1. The third kappa shape index (κ3) is 15.2. The molecule has 0 spiro atoms. The third-order valence-electron chi connectivity index (χ3n) is 4.78. The highest BCUT2D eigenvalue weighted by Gasteiger charge is 2.24. The molecule has 154 valence electrons. The number of unbranched alkanes of at least 4 members (excludes halogenated alkanes) is 9. The van der Waals surface area contributed by atoms with Crippen molar-refractivity contribution < 1.29 is 19.4 Å². The maximum absolute atomic E-state index is 12.3. The lowest BCUT2D eigenvalue weighted by molar-refractivity contribution is -0.157. The highest BCUT2D eigenvalue weighted by molar-refractivity contribution is 5.79. The van der Waals surface area contributed by atoms with E-state index in [4.69, 9.17) is 9.84 Å². The van der Waals surface area contributed by atoms with E-state index in [1.807, 2.05) is 6.92 Å². The SMILES string of the molecule is CCCCCCCCCCCCC(CC(=O)O)C(=O)OC(C)CC(C)C. The normalized spacial score (nSPS) is 13.6. The van der Waals surface area contributed by atoms with Crippen LogP contribution in [0.5, 0.6) is 0 Å². The number of hydrogen-bond acceptors (Lipinski definition) is 3. The Bertz CT molecular complexity index is 365. The first-order chi connectivity index (χ1) is 12.4. The molecule has 0 heterocycles. The molecule has 0 aromatic rings. The zero-order valence-corrected chi connectivity index (χ0v) is 17.6. The molecule has 0 saturated heterocycles. The van der Waals surface area contributed by atoms with E-state index >= 15 is 0 Å². The lowest BCUT2D eigenvalue weighted by atomic mass is 9.96. The van der Waals surface area contributed by atoms with Crippen LogP contribution in [-0.4, -0.2) is 23.1 Å². The van der Waals surface area contributed by atoms with Crippen molar-refractivity contribution in [3.05, 3.63) is 0 Å². The van der Waals surface area contributed by atoms with Gasteiger partial charge in [-0.3, -0.25) is 9.59 Å². The molecule has 0 aliphatic rings. The Morgan fingerprint density at radius 3 is 1.81 bits per heavy atom. The standard InChI is InChI=1S/C22H42O4/c1-5-6-7-8-9-10-11-12-13-14-15-20(17-21(23)24)22(25)26-19(4)16-18(2)3/h18-20H,5-17H2,1-4H3,(H,23,24). The number of rotatable bonds is 17. The van der Waals surface area contributed by atoms with Crippen LogP contribution in [0.4, 0.5) is 0 Å². The van der Waals surface area contributed by atoms with Gasteiger partial charge in [0, 0.05) is 0 Å². The summed E-state index contributed by atoms with van der Waals surface area (Å²) in [6, 6.07) is 0. The Morgan fingerprint density at radius 2 is 1.35 bits per heavy atom. The summed E-state index contributed by atoms with van der Waals surface area (Å²) < 4.78 is 5.46. The van der Waals surface area contributed by atoms with Crippen LogP contribution in [0.3, 0.4) is 0 Å². The molecular weight excluding hydrogens is 328 g/mol. The summed E-state index contributed by atoms with van der Waals surface area (Å²) in [5, 5.41) is 9.07. The number of esters is 1. The average Bonchev–Trinajstić information content (AvgIpc) is 2.54. The summed E-state index contributed by atoms with van der Waals surface area (Å²) in [5.74, 6) is -1.30. The second-order valence-corrected chi connectivity index (χ2v) is 8.14. The van der Waals surface area contributed by atoms with Gasteiger partial charge in [-0.05, 0) is 25.7 Å². The molecule has 0 aromatic carbocycles. The number of aliphatic carboxylic acids is 1. The van der Waals surface area contributed by atoms with E-state index in [2.05, 4.69) is 20.8 Å². The van der Waals surface area contributed by atoms with Gasteiger partial charge in [-0.2, -0.15) is 0 Å². The van der Waals surface area contributed by atoms with E-state index in [-0.39, 0.29) is 18.5 Å². The zero-order valence-electron chi connectivity index (χ0n) is 17.6. The first-order valence-electron chi connectivity index (χ1n) is 10.8. The monoisotopic (exact) mass is 370 g/mol. The van der Waals surface area contributed by atoms with Crippen molar-refractivity contribution >= 4 is 11.9 Å². The van der Waals surface area contributed by atoms with Crippen molar-refractivity contribution in [2.45, 2.75) is 117 Å². The predicted octanol–water partition coefficient (Wildman–Crippen LogP) is 6.37. The van der Waals surface area contributed by atoms with Gasteiger partial charge >= 0.3 is 11.9 Å². The van der Waals surface area contributed by atoms with Crippen molar-refractivity contribution in [1.82, 2.24) is 0 Å². The van der Waals surface area contributed by atoms with Crippen LogP contribution >= 0.6 is 0 Å². The van der Waals surface area contributed by atoms with Gasteiger partial charge in [0.1, 0.15) is 0 Å². The van der Waals surface area contributed by atoms with E-state index in [0.29, 0.717) is 12.3 Å². The minimum Gasteiger partial charge on any atom is -0.481 e. The number of carboxylic acids is 1. The van der Waals surface area contributed by atoms with Gasteiger partial charge in [-0.15, -0.1) is 0 Å². The third-order valence-corrected chi connectivity index (χ3v) is 4.78. The van der Waals surface area contributed by atoms with Crippen LogP contribution in [0, 0.1) is 11.8 Å². The Morgan fingerprint density at radius 1 is 0.846 bits per heavy atom. The number of carboxylic acid groups (broad SMARTS) is 1. The fraction of sp³-hybridized carbons (Fsp3) is 0.909. The number of ether oxygens (including phenoxy) is 1. The number of carbonyl (C=O) groups excluding carboxylic acids is 1. The predicted molar refractivity (Wildman–Crippen MR) is 107 cm³/mol. The summed E-state index contributed by atoms with van der Waals surface area (Å²) in [4.78, 5) is 23.3. The molecule has 2 atom stereocenters. The Labute approximate surface area is 161 Å². The van der Waals surface area contributed by atoms with Crippen LogP contribution < -0.4 is 0 Å². The molecule has 0 radical (unpaired) electrons. The average molecular weight is 371 g/mol. The van der Waals surface area contributed by atoms with E-state index in [0.717, 1.165) is 19.3 Å². The van der Waals surface area contributed by atoms with E-state index < -0.39 is 11.9 Å². The maximum Gasteiger partial charge on any atom is 0.309 e. The first kappa shape index (κ1) is 24.9. The highest BCUT2D eigenvalue weighted by atomic mass is 16.5. The van der Waals surface area contributed by atoms with Gasteiger partial charge in [0.25, 0.3) is 0 Å². The van der Waals surface area contributed by atoms with Crippen molar-refractivity contribution in [2.75, 3.05) is 0 Å². The highest BCUT2D eigenvalue weighted by Crippen LogP contribution is 2.19. The first-order valence-corrected chi connectivity index (χ1v) is 10.8. The second kappa shape index (κ2) is 16.1. The minimum atomic E-state index is -0.921. The summed E-state index contributed by atoms with van der Waals surface area (Å²) >= 11 is 0. The molecule has 1 N–H and O–H groups in total. The fourth-order valence-electron chi connectivity index (χ4n) is 3.40. The lowest BCUT2D eigenvalue weighted by Crippen LogP contribution is -2.25. The van der Waals surface area contributed by atoms with E-state index in [1.165, 1.54) is 51.4 Å². The van der Waals surface area contributed by atoms with Crippen molar-refractivity contribution in [3.8, 4) is 0 Å². The van der Waals surface area contributed by atoms with Crippen molar-refractivity contribution in [3.63, 3.8) is 0 Å². The van der Waals surface area contributed by atoms with Crippen LogP contribution in [0.2, 0.25) is 0 Å². The molecule has 0 amide bonds. The Balaban J connectivity index is 3.96. The van der Waals surface area contributed by atoms with E-state index in [9.17, 15) is 9.59 Å². The van der Waals surface area contributed by atoms with E-state index in [1.54, 1.807) is 0 Å². The molecule has 0 aliphatic carbocycles. The zero-order chi connectivity index (χ0) is 19.8. The summed E-state index contributed by atoms with van der Waals surface area (Å²) in [6.45, 7) is 8.29. The second-order valence-electron chi connectivity index (χ2n) is 8.14. The largest absolute Gasteiger partial charge is 0.481 e. The Kier molecular flexibility index (Phi) is 15.5. The molecule has 0 fully saturated rings. The maximum atomic E-state index is 12.3. The molecular formula is C22H42O4.